The summed E-state index contributed by atoms with van der Waals surface area (Å²) < 4.78 is 51.9. The number of nitrogens with one attached hydrogen (secondary N) is 2. The fraction of sp³-hybridized carbons (Fsp3) is 0.333. The Morgan fingerprint density at radius 3 is 2.44 bits per heavy atom. The number of rotatable bonds is 6. The van der Waals surface area contributed by atoms with Crippen LogP contribution in [0.5, 0.6) is 11.5 Å². The largest absolute Gasteiger partial charge is 0.497 e. The molecule has 0 bridgehead atoms. The first kappa shape index (κ1) is 23.5. The van der Waals surface area contributed by atoms with Crippen LogP contribution >= 0.6 is 0 Å². The highest BCUT2D eigenvalue weighted by Crippen LogP contribution is 2.42. The van der Waals surface area contributed by atoms with Crippen LogP contribution in [-0.2, 0) is 11.0 Å². The highest BCUT2D eigenvalue weighted by molar-refractivity contribution is 6.07. The van der Waals surface area contributed by atoms with Gasteiger partial charge in [0.15, 0.2) is 0 Å². The van der Waals surface area contributed by atoms with E-state index in [1.165, 1.54) is 37.3 Å². The molecule has 1 heterocycles. The Kier molecular flexibility index (Phi) is 6.16. The summed E-state index contributed by atoms with van der Waals surface area (Å²) in [6.45, 7) is 1.58. The number of hydrogen-bond acceptors (Lipinski definition) is 4. The maximum atomic E-state index is 13.8. The quantitative estimate of drug-likeness (QED) is 0.625. The first-order valence-electron chi connectivity index (χ1n) is 10.7. The summed E-state index contributed by atoms with van der Waals surface area (Å²) in [5, 5.41) is 5.36. The molecule has 2 aliphatic rings. The zero-order valence-electron chi connectivity index (χ0n) is 18.8. The number of methoxy groups -OCH3 is 2. The van der Waals surface area contributed by atoms with Crippen molar-refractivity contribution in [2.24, 2.45) is 0 Å². The number of amides is 3. The van der Waals surface area contributed by atoms with Gasteiger partial charge in [0.05, 0.1) is 37.1 Å². The van der Waals surface area contributed by atoms with Gasteiger partial charge in [0, 0.05) is 17.8 Å². The fourth-order valence-corrected chi connectivity index (χ4v) is 4.17. The third kappa shape index (κ3) is 4.40. The number of halogens is 3. The van der Waals surface area contributed by atoms with Crippen molar-refractivity contribution in [3.05, 3.63) is 64.9 Å². The second kappa shape index (κ2) is 8.92. The number of nitrogens with zero attached hydrogens (tertiary/aromatic N) is 1. The van der Waals surface area contributed by atoms with Crippen molar-refractivity contribution < 1.29 is 32.2 Å². The number of ether oxygens (including phenoxy) is 2. The van der Waals surface area contributed by atoms with Crippen LogP contribution in [0.4, 0.5) is 23.7 Å². The molecule has 1 atom stereocenters. The molecule has 1 aliphatic heterocycles. The third-order valence-electron chi connectivity index (χ3n) is 5.92. The molecular formula is C24H24F3N3O4. The van der Waals surface area contributed by atoms with Gasteiger partial charge in [0.1, 0.15) is 11.5 Å². The second-order valence-corrected chi connectivity index (χ2v) is 8.09. The van der Waals surface area contributed by atoms with Crippen molar-refractivity contribution >= 4 is 17.6 Å². The Hall–Kier alpha value is -3.69. The van der Waals surface area contributed by atoms with Crippen molar-refractivity contribution in [1.82, 2.24) is 10.2 Å². The first-order valence-corrected chi connectivity index (χ1v) is 10.7. The molecular weight excluding hydrogens is 451 g/mol. The van der Waals surface area contributed by atoms with Gasteiger partial charge >= 0.3 is 12.2 Å². The average Bonchev–Trinajstić information content (AvgIpc) is 3.63. The van der Waals surface area contributed by atoms with E-state index in [-0.39, 0.29) is 22.9 Å². The van der Waals surface area contributed by atoms with Gasteiger partial charge in [-0.15, -0.1) is 0 Å². The molecule has 7 nitrogen and oxygen atoms in total. The Balaban J connectivity index is 1.81. The molecule has 1 unspecified atom stereocenters. The molecule has 0 saturated heterocycles. The molecule has 1 saturated carbocycles. The predicted molar refractivity (Wildman–Crippen MR) is 118 cm³/mol. The van der Waals surface area contributed by atoms with Gasteiger partial charge in [-0.3, -0.25) is 9.69 Å². The Bertz CT molecular complexity index is 1160. The van der Waals surface area contributed by atoms with E-state index in [1.54, 1.807) is 25.1 Å². The lowest BCUT2D eigenvalue weighted by Gasteiger charge is -2.36. The van der Waals surface area contributed by atoms with Gasteiger partial charge in [0.25, 0.3) is 5.91 Å². The van der Waals surface area contributed by atoms with Crippen molar-refractivity contribution in [3.8, 4) is 11.5 Å². The number of anilines is 1. The van der Waals surface area contributed by atoms with E-state index in [0.29, 0.717) is 17.2 Å². The molecule has 0 radical (unpaired) electrons. The van der Waals surface area contributed by atoms with Crippen LogP contribution in [0.15, 0.2) is 53.7 Å². The van der Waals surface area contributed by atoms with Crippen LogP contribution in [0.2, 0.25) is 0 Å². The summed E-state index contributed by atoms with van der Waals surface area (Å²) in [6.07, 6.45) is -3.15. The molecule has 4 rings (SSSR count). The average molecular weight is 475 g/mol. The van der Waals surface area contributed by atoms with Crippen LogP contribution in [0, 0.1) is 0 Å². The number of benzene rings is 2. The molecule has 2 aromatic carbocycles. The highest BCUT2D eigenvalue weighted by Gasteiger charge is 2.44. The summed E-state index contributed by atoms with van der Waals surface area (Å²) in [7, 11) is 2.90. The summed E-state index contributed by atoms with van der Waals surface area (Å²) in [6, 6.07) is 7.80. The molecule has 34 heavy (non-hydrogen) atoms. The van der Waals surface area contributed by atoms with Gasteiger partial charge in [0.2, 0.25) is 0 Å². The number of allylic oxidation sites excluding steroid dienone is 1. The molecule has 2 N–H and O–H groups in total. The number of hydrogen-bond donors (Lipinski definition) is 2. The number of alkyl halides is 3. The SMILES string of the molecule is COc1ccc(OC)c(NC(=O)C2=C(C)N(C3CC3)C(=O)NC2c2ccccc2C(F)(F)F)c1. The van der Waals surface area contributed by atoms with E-state index < -0.39 is 29.7 Å². The van der Waals surface area contributed by atoms with Gasteiger partial charge in [-0.05, 0) is 43.5 Å². The first-order chi connectivity index (χ1) is 16.2. The van der Waals surface area contributed by atoms with Crippen molar-refractivity contribution in [3.63, 3.8) is 0 Å². The lowest BCUT2D eigenvalue weighted by Crippen LogP contribution is -2.49. The third-order valence-corrected chi connectivity index (χ3v) is 5.92. The minimum atomic E-state index is -4.67. The Morgan fingerprint density at radius 1 is 1.12 bits per heavy atom. The molecule has 180 valence electrons. The molecule has 2 aromatic rings. The fourth-order valence-electron chi connectivity index (χ4n) is 4.17. The summed E-state index contributed by atoms with van der Waals surface area (Å²) >= 11 is 0. The minimum absolute atomic E-state index is 0.0214. The van der Waals surface area contributed by atoms with Crippen LogP contribution in [0.3, 0.4) is 0 Å². The van der Waals surface area contributed by atoms with Crippen LogP contribution < -0.4 is 20.1 Å². The van der Waals surface area contributed by atoms with Crippen LogP contribution in [0.1, 0.15) is 36.9 Å². The number of urea groups is 1. The molecule has 10 heteroatoms. The van der Waals surface area contributed by atoms with Gasteiger partial charge in [-0.25, -0.2) is 4.79 Å². The zero-order chi connectivity index (χ0) is 24.6. The van der Waals surface area contributed by atoms with E-state index in [4.69, 9.17) is 9.47 Å². The summed E-state index contributed by atoms with van der Waals surface area (Å²) in [4.78, 5) is 27.9. The monoisotopic (exact) mass is 475 g/mol. The van der Waals surface area contributed by atoms with Crippen LogP contribution in [-0.4, -0.2) is 37.1 Å². The zero-order valence-corrected chi connectivity index (χ0v) is 18.8. The van der Waals surface area contributed by atoms with E-state index in [1.807, 2.05) is 0 Å². The van der Waals surface area contributed by atoms with E-state index in [2.05, 4.69) is 10.6 Å². The maximum Gasteiger partial charge on any atom is 0.416 e. The van der Waals surface area contributed by atoms with Crippen molar-refractivity contribution in [2.45, 2.75) is 38.0 Å². The minimum Gasteiger partial charge on any atom is -0.497 e. The lowest BCUT2D eigenvalue weighted by atomic mass is 9.90. The van der Waals surface area contributed by atoms with Gasteiger partial charge in [-0.1, -0.05) is 18.2 Å². The summed E-state index contributed by atoms with van der Waals surface area (Å²) in [5.74, 6) is 0.146. The molecule has 0 spiro atoms. The van der Waals surface area contributed by atoms with Crippen LogP contribution in [0.25, 0.3) is 0 Å². The lowest BCUT2D eigenvalue weighted by molar-refractivity contribution is -0.138. The Labute approximate surface area is 194 Å². The standard InChI is InChI=1S/C24H24F3N3O4/c1-13-20(22(31)28-18-12-15(33-2)10-11-19(18)34-3)21(29-23(32)30(13)14-8-9-14)16-6-4-5-7-17(16)24(25,26)27/h4-7,10-12,14,21H,8-9H2,1-3H3,(H,28,31)(H,29,32). The van der Waals surface area contributed by atoms with Gasteiger partial charge < -0.3 is 20.1 Å². The smallest absolute Gasteiger partial charge is 0.416 e. The van der Waals surface area contributed by atoms with E-state index in [9.17, 15) is 22.8 Å². The van der Waals surface area contributed by atoms with Crippen molar-refractivity contribution in [2.75, 3.05) is 19.5 Å². The van der Waals surface area contributed by atoms with Crippen molar-refractivity contribution in [1.29, 1.82) is 0 Å². The maximum absolute atomic E-state index is 13.8. The normalized spacial score (nSPS) is 18.5. The van der Waals surface area contributed by atoms with E-state index in [0.717, 1.165) is 18.9 Å². The second-order valence-electron chi connectivity index (χ2n) is 8.09. The van der Waals surface area contributed by atoms with E-state index >= 15 is 0 Å². The topological polar surface area (TPSA) is 79.9 Å². The Morgan fingerprint density at radius 2 is 1.82 bits per heavy atom. The summed E-state index contributed by atoms with van der Waals surface area (Å²) in [5.41, 5.74) is -0.510. The highest BCUT2D eigenvalue weighted by atomic mass is 19.4. The molecule has 1 fully saturated rings. The van der Waals surface area contributed by atoms with Gasteiger partial charge in [-0.2, -0.15) is 13.2 Å². The molecule has 0 aromatic heterocycles. The number of carbonyl (C=O) groups is 2. The number of carbonyl (C=O) groups excluding carboxylic acids is 2. The molecule has 1 aliphatic carbocycles. The molecule has 3 amide bonds. The predicted octanol–water partition coefficient (Wildman–Crippen LogP) is 4.86.